The number of fused-ring (bicyclic) bond motifs is 3. The number of hydrogen-bond acceptors (Lipinski definition) is 5. The van der Waals surface area contributed by atoms with Crippen LogP contribution in [0.3, 0.4) is 0 Å². The van der Waals surface area contributed by atoms with Gasteiger partial charge in [-0.2, -0.15) is 5.10 Å². The van der Waals surface area contributed by atoms with Crippen LogP contribution in [0.1, 0.15) is 42.5 Å². The quantitative estimate of drug-likeness (QED) is 0.663. The van der Waals surface area contributed by atoms with Crippen LogP contribution >= 0.6 is 0 Å². The summed E-state index contributed by atoms with van der Waals surface area (Å²) in [6.07, 6.45) is 0.992. The van der Waals surface area contributed by atoms with Crippen molar-refractivity contribution < 1.29 is 22.5 Å². The third kappa shape index (κ3) is 2.89. The van der Waals surface area contributed by atoms with Crippen molar-refractivity contribution in [3.05, 3.63) is 34.3 Å². The summed E-state index contributed by atoms with van der Waals surface area (Å²) >= 11 is 0. The molecule has 3 aliphatic rings. The Bertz CT molecular complexity index is 1240. The van der Waals surface area contributed by atoms with Gasteiger partial charge >= 0.3 is 0 Å². The molecule has 2 aliphatic carbocycles. The number of nitrogens with one attached hydrogen (secondary N) is 2. The lowest BCUT2D eigenvalue weighted by Gasteiger charge is -2.26. The summed E-state index contributed by atoms with van der Waals surface area (Å²) in [6, 6.07) is 0. The maximum Gasteiger partial charge on any atom is 0.268 e. The van der Waals surface area contributed by atoms with Crippen LogP contribution in [0.2, 0.25) is 0 Å². The van der Waals surface area contributed by atoms with E-state index in [4.69, 9.17) is 14.7 Å². The minimum atomic E-state index is -3.59. The van der Waals surface area contributed by atoms with Crippen LogP contribution in [0, 0.1) is 10.6 Å². The minimum Gasteiger partial charge on any atom is -0.461 e. The van der Waals surface area contributed by atoms with E-state index in [1.165, 1.54) is 10.9 Å². The molecule has 0 radical (unpaired) electrons. The summed E-state index contributed by atoms with van der Waals surface area (Å²) in [4.78, 5) is 13.2. The first-order valence-electron chi connectivity index (χ1n) is 10.1. The number of hydrogen-bond donors (Lipinski definition) is 3. The van der Waals surface area contributed by atoms with Crippen LogP contribution < -0.4 is 15.2 Å². The third-order valence-corrected chi connectivity index (χ3v) is 7.42. The number of alkyl halides is 1. The van der Waals surface area contributed by atoms with Crippen molar-refractivity contribution in [2.75, 3.05) is 5.32 Å². The monoisotopic (exact) mass is 451 g/mol. The van der Waals surface area contributed by atoms with Gasteiger partial charge in [-0.05, 0) is 55.4 Å². The lowest BCUT2D eigenvalue weighted by molar-refractivity contribution is -0.124. The molecule has 0 saturated heterocycles. The van der Waals surface area contributed by atoms with Crippen molar-refractivity contribution in [2.24, 2.45) is 5.14 Å². The zero-order chi connectivity index (χ0) is 22.3. The molecule has 4 N–H and O–H groups in total. The number of amides is 1. The van der Waals surface area contributed by atoms with Gasteiger partial charge in [-0.15, -0.1) is 0 Å². The number of carbonyl (C=O) groups is 1. The summed E-state index contributed by atoms with van der Waals surface area (Å²) in [7, 11) is -3.59. The predicted octanol–water partition coefficient (Wildman–Crippen LogP) is 2.36. The molecule has 1 amide bonds. The fourth-order valence-electron chi connectivity index (χ4n) is 4.99. The number of carbonyl (C=O) groups excluding carboxylic acids is 1. The maximum atomic E-state index is 14.9. The second kappa shape index (κ2) is 6.49. The maximum absolute atomic E-state index is 14.9. The number of aromatic nitrogens is 2. The molecular formula is C20H23F2N5O3S. The lowest BCUT2D eigenvalue weighted by Crippen LogP contribution is -2.45. The van der Waals surface area contributed by atoms with E-state index in [0.29, 0.717) is 35.2 Å². The second-order valence-corrected chi connectivity index (χ2v) is 10.6. The highest BCUT2D eigenvalue weighted by Gasteiger charge is 2.49. The third-order valence-electron chi connectivity index (χ3n) is 6.49. The zero-order valence-electron chi connectivity index (χ0n) is 17.1. The summed E-state index contributed by atoms with van der Waals surface area (Å²) < 4.78 is 55.9. The van der Waals surface area contributed by atoms with E-state index in [9.17, 15) is 17.8 Å². The van der Waals surface area contributed by atoms with Crippen molar-refractivity contribution >= 4 is 21.5 Å². The number of benzene rings is 1. The molecule has 0 spiro atoms. The highest BCUT2D eigenvalue weighted by Crippen LogP contribution is 2.43. The largest absolute Gasteiger partial charge is 0.461 e. The smallest absolute Gasteiger partial charge is 0.268 e. The summed E-state index contributed by atoms with van der Waals surface area (Å²) in [5.41, 5.74) is 1.68. The van der Waals surface area contributed by atoms with Crippen molar-refractivity contribution in [3.8, 4) is 5.88 Å². The Morgan fingerprint density at radius 2 is 2.00 bits per heavy atom. The molecular weight excluding hydrogens is 428 g/mol. The van der Waals surface area contributed by atoms with Gasteiger partial charge in [-0.1, -0.05) is 0 Å². The minimum absolute atomic E-state index is 0.00976. The molecule has 2 heterocycles. The Morgan fingerprint density at radius 1 is 1.32 bits per heavy atom. The zero-order valence-corrected chi connectivity index (χ0v) is 17.9. The Kier molecular flexibility index (Phi) is 4.26. The Hall–Kier alpha value is -2.53. The van der Waals surface area contributed by atoms with E-state index in [-0.39, 0.29) is 29.4 Å². The Labute approximate surface area is 178 Å². The topological polar surface area (TPSA) is 123 Å². The van der Waals surface area contributed by atoms with Gasteiger partial charge in [0, 0.05) is 18.5 Å². The van der Waals surface area contributed by atoms with Gasteiger partial charge in [0.05, 0.1) is 6.20 Å². The summed E-state index contributed by atoms with van der Waals surface area (Å²) in [6.45, 7) is 3.45. The number of nitrogens with zero attached hydrogens (tertiary/aromatic N) is 2. The van der Waals surface area contributed by atoms with E-state index < -0.39 is 33.6 Å². The molecule has 166 valence electrons. The number of halogens is 2. The van der Waals surface area contributed by atoms with E-state index in [1.54, 1.807) is 13.8 Å². The molecule has 0 saturated carbocycles. The fourth-order valence-corrected chi connectivity index (χ4v) is 5.59. The summed E-state index contributed by atoms with van der Waals surface area (Å²) in [5, 5.41) is 12.5. The fraction of sp³-hybridized carbons (Fsp3) is 0.500. The van der Waals surface area contributed by atoms with Gasteiger partial charge in [0.2, 0.25) is 12.0 Å². The van der Waals surface area contributed by atoms with Crippen LogP contribution in [0.25, 0.3) is 0 Å². The molecule has 31 heavy (non-hydrogen) atoms. The molecule has 1 aromatic carbocycles. The first-order valence-corrected chi connectivity index (χ1v) is 11.7. The average molecular weight is 451 g/mol. The summed E-state index contributed by atoms with van der Waals surface area (Å²) in [5.74, 6) is -0.817. The molecule has 1 aromatic heterocycles. The highest BCUT2D eigenvalue weighted by atomic mass is 32.2. The lowest BCUT2D eigenvalue weighted by atomic mass is 9.95. The van der Waals surface area contributed by atoms with Crippen molar-refractivity contribution in [2.45, 2.75) is 68.7 Å². The van der Waals surface area contributed by atoms with Gasteiger partial charge in [0.25, 0.3) is 5.91 Å². The molecule has 2 unspecified atom stereocenters. The van der Waals surface area contributed by atoms with Crippen molar-refractivity contribution in [3.63, 3.8) is 0 Å². The molecule has 0 fully saturated rings. The van der Waals surface area contributed by atoms with Gasteiger partial charge < -0.3 is 10.1 Å². The number of anilines is 1. The SMILES string of the molecule is CC1(C)C(C(=O)Nc2c3c(c(F)c4c2C[C@@H](F)C4)CCC3)Oc2c(S(=N)(N)=O)cnn21. The molecule has 1 aliphatic heterocycles. The second-order valence-electron chi connectivity index (χ2n) is 8.93. The normalized spacial score (nSPS) is 24.8. The molecule has 3 atom stereocenters. The number of ether oxygens (including phenoxy) is 1. The van der Waals surface area contributed by atoms with Crippen molar-refractivity contribution in [1.82, 2.24) is 9.78 Å². The average Bonchev–Trinajstić information content (AvgIpc) is 3.41. The van der Waals surface area contributed by atoms with E-state index in [2.05, 4.69) is 10.4 Å². The molecule has 2 aromatic rings. The Morgan fingerprint density at radius 3 is 2.71 bits per heavy atom. The molecule has 11 heteroatoms. The van der Waals surface area contributed by atoms with Gasteiger partial charge in [-0.3, -0.25) is 4.79 Å². The van der Waals surface area contributed by atoms with Crippen LogP contribution in [-0.4, -0.2) is 32.2 Å². The van der Waals surface area contributed by atoms with Crippen LogP contribution in [0.15, 0.2) is 11.1 Å². The van der Waals surface area contributed by atoms with E-state index >= 15 is 0 Å². The first kappa shape index (κ1) is 20.4. The van der Waals surface area contributed by atoms with E-state index in [0.717, 1.165) is 12.0 Å². The number of rotatable bonds is 3. The Balaban J connectivity index is 1.52. The molecule has 0 bridgehead atoms. The van der Waals surface area contributed by atoms with Crippen LogP contribution in [0.4, 0.5) is 14.5 Å². The standard InChI is InChI=1S/C20H23F2N5O3S/c1-20(2)17(30-19-14(31(23,24)29)8-25-27(19)20)18(28)26-16-11-5-3-4-10(11)15(22)12-6-9(21)7-13(12)16/h8-9,17H,3-7H2,1-2H3,(H,26,28)(H3,23,24,29)/t9-,17?/m0/s1. The van der Waals surface area contributed by atoms with Gasteiger partial charge in [0.15, 0.2) is 0 Å². The number of nitrogens with two attached hydrogens (primary N) is 1. The van der Waals surface area contributed by atoms with Crippen LogP contribution in [0.5, 0.6) is 5.88 Å². The first-order chi connectivity index (χ1) is 14.5. The van der Waals surface area contributed by atoms with Gasteiger partial charge in [-0.25, -0.2) is 27.6 Å². The van der Waals surface area contributed by atoms with Crippen LogP contribution in [-0.2, 0) is 45.9 Å². The predicted molar refractivity (Wildman–Crippen MR) is 109 cm³/mol. The molecule has 5 rings (SSSR count). The highest BCUT2D eigenvalue weighted by molar-refractivity contribution is 7.90. The molecule has 8 nitrogen and oxygen atoms in total. The van der Waals surface area contributed by atoms with Gasteiger partial charge in [0.1, 0.15) is 32.3 Å². The van der Waals surface area contributed by atoms with Crippen molar-refractivity contribution in [1.29, 1.82) is 4.78 Å². The van der Waals surface area contributed by atoms with E-state index in [1.807, 2.05) is 0 Å².